The number of pyridine rings is 1. The van der Waals surface area contributed by atoms with Crippen molar-refractivity contribution in [1.29, 1.82) is 5.26 Å². The van der Waals surface area contributed by atoms with Gasteiger partial charge in [-0.2, -0.15) is 14.6 Å². The number of fused-ring (bicyclic) bond motifs is 1. The molecule has 0 aliphatic carbocycles. The molecule has 43 heavy (non-hydrogen) atoms. The lowest BCUT2D eigenvalue weighted by Crippen LogP contribution is -2.31. The van der Waals surface area contributed by atoms with Gasteiger partial charge in [-0.05, 0) is 54.4 Å². The van der Waals surface area contributed by atoms with Crippen molar-refractivity contribution >= 4 is 17.0 Å². The van der Waals surface area contributed by atoms with Crippen LogP contribution < -0.4 is 4.74 Å². The summed E-state index contributed by atoms with van der Waals surface area (Å²) >= 11 is 0. The number of nitriles is 1. The van der Waals surface area contributed by atoms with E-state index in [1.807, 2.05) is 6.07 Å². The van der Waals surface area contributed by atoms with Gasteiger partial charge >= 0.3 is 5.97 Å². The second-order valence-electron chi connectivity index (χ2n) is 9.81. The highest BCUT2D eigenvalue weighted by Gasteiger charge is 2.24. The van der Waals surface area contributed by atoms with Crippen molar-refractivity contribution in [3.63, 3.8) is 0 Å². The molecule has 10 nitrogen and oxygen atoms in total. The van der Waals surface area contributed by atoms with E-state index >= 15 is 8.78 Å². The Morgan fingerprint density at radius 2 is 1.91 bits per heavy atom. The Bertz CT molecular complexity index is 1900. The third-order valence-electron chi connectivity index (χ3n) is 7.00. The van der Waals surface area contributed by atoms with Crippen LogP contribution in [0, 0.1) is 28.8 Å². The molecule has 3 aromatic heterocycles. The number of carboxylic acids is 1. The average molecular weight is 587 g/mol. The van der Waals surface area contributed by atoms with E-state index in [2.05, 4.69) is 19.9 Å². The van der Waals surface area contributed by atoms with Crippen molar-refractivity contribution in [1.82, 2.24) is 24.5 Å². The van der Waals surface area contributed by atoms with Gasteiger partial charge in [0, 0.05) is 19.2 Å². The number of imidazole rings is 1. The molecule has 6 rings (SSSR count). The number of benzene rings is 2. The van der Waals surface area contributed by atoms with Gasteiger partial charge in [-0.3, -0.25) is 4.98 Å². The Hall–Kier alpha value is -5.35. The summed E-state index contributed by atoms with van der Waals surface area (Å²) < 4.78 is 57.9. The van der Waals surface area contributed by atoms with Gasteiger partial charge in [0.1, 0.15) is 30.1 Å². The predicted molar refractivity (Wildman–Crippen MR) is 144 cm³/mol. The minimum absolute atomic E-state index is 0.00346. The van der Waals surface area contributed by atoms with Crippen LogP contribution in [0.2, 0.25) is 0 Å². The maximum atomic E-state index is 15.4. The maximum absolute atomic E-state index is 15.4. The number of carboxylic acid groups (broad SMARTS) is 1. The van der Waals surface area contributed by atoms with Crippen molar-refractivity contribution < 1.29 is 32.5 Å². The largest absolute Gasteiger partial charge is 0.478 e. The highest BCUT2D eigenvalue weighted by molar-refractivity contribution is 5.92. The lowest BCUT2D eigenvalue weighted by Gasteiger charge is -2.27. The molecule has 1 fully saturated rings. The molecule has 0 radical (unpaired) electrons. The van der Waals surface area contributed by atoms with Gasteiger partial charge in [-0.15, -0.1) is 0 Å². The summed E-state index contributed by atoms with van der Waals surface area (Å²) in [6.45, 7) is 0.801. The summed E-state index contributed by atoms with van der Waals surface area (Å²) in [4.78, 5) is 27.9. The zero-order valence-corrected chi connectivity index (χ0v) is 22.3. The maximum Gasteiger partial charge on any atom is 0.335 e. The monoisotopic (exact) mass is 586 g/mol. The Labute approximate surface area is 242 Å². The van der Waals surface area contributed by atoms with Crippen LogP contribution in [-0.2, 0) is 24.3 Å². The number of hydrogen-bond acceptors (Lipinski definition) is 8. The van der Waals surface area contributed by atoms with Crippen LogP contribution >= 0.6 is 0 Å². The van der Waals surface area contributed by atoms with Crippen molar-refractivity contribution in [2.24, 2.45) is 0 Å². The molecule has 0 amide bonds. The Morgan fingerprint density at radius 1 is 1.07 bits per heavy atom. The zero-order chi connectivity index (χ0) is 30.1. The molecule has 0 unspecified atom stereocenters. The molecule has 1 aliphatic rings. The molecular formula is C30H21F3N6O4. The molecule has 1 N–H and O–H groups in total. The molecule has 5 aromatic rings. The first kappa shape index (κ1) is 27.8. The lowest BCUT2D eigenvalue weighted by molar-refractivity contribution is -0.0589. The molecule has 4 heterocycles. The minimum atomic E-state index is -1.10. The van der Waals surface area contributed by atoms with Gasteiger partial charge in [0.25, 0.3) is 5.88 Å². The molecule has 2 aromatic carbocycles. The van der Waals surface area contributed by atoms with E-state index in [0.29, 0.717) is 41.3 Å². The molecule has 0 bridgehead atoms. The second kappa shape index (κ2) is 11.5. The van der Waals surface area contributed by atoms with E-state index in [9.17, 15) is 14.3 Å². The van der Waals surface area contributed by atoms with E-state index in [0.717, 1.165) is 24.8 Å². The number of halogens is 3. The summed E-state index contributed by atoms with van der Waals surface area (Å²) in [5.74, 6) is -3.98. The highest BCUT2D eigenvalue weighted by atomic mass is 19.1. The summed E-state index contributed by atoms with van der Waals surface area (Å²) in [5, 5.41) is 18.3. The average Bonchev–Trinajstić information content (AvgIpc) is 3.32. The highest BCUT2D eigenvalue weighted by Crippen LogP contribution is 2.29. The Kier molecular flexibility index (Phi) is 7.43. The second-order valence-corrected chi connectivity index (χ2v) is 9.81. The molecule has 0 spiro atoms. The fraction of sp³-hybridized carbons (Fsp3) is 0.200. The van der Waals surface area contributed by atoms with Gasteiger partial charge in [0.15, 0.2) is 5.82 Å². The zero-order valence-electron chi connectivity index (χ0n) is 22.3. The molecular weight excluding hydrogens is 565 g/mol. The third-order valence-corrected chi connectivity index (χ3v) is 7.00. The molecule has 1 saturated heterocycles. The van der Waals surface area contributed by atoms with Crippen molar-refractivity contribution in [2.75, 3.05) is 6.61 Å². The fourth-order valence-electron chi connectivity index (χ4n) is 4.64. The minimum Gasteiger partial charge on any atom is -0.478 e. The number of rotatable bonds is 9. The summed E-state index contributed by atoms with van der Waals surface area (Å²) in [6.07, 6.45) is 2.74. The van der Waals surface area contributed by atoms with Crippen LogP contribution in [0.1, 0.15) is 39.4 Å². The predicted octanol–water partition coefficient (Wildman–Crippen LogP) is 4.83. The first-order valence-electron chi connectivity index (χ1n) is 13.1. The molecule has 0 saturated carbocycles. The number of hydrogen-bond donors (Lipinski definition) is 1. The first-order valence-corrected chi connectivity index (χ1v) is 13.1. The number of aromatic nitrogens is 5. The van der Waals surface area contributed by atoms with Crippen LogP contribution in [0.5, 0.6) is 5.88 Å². The van der Waals surface area contributed by atoms with Crippen molar-refractivity contribution in [2.45, 2.75) is 32.1 Å². The van der Waals surface area contributed by atoms with Gasteiger partial charge in [-0.1, -0.05) is 0 Å². The molecule has 13 heteroatoms. The molecule has 1 atom stereocenters. The summed E-state index contributed by atoms with van der Waals surface area (Å²) in [5.41, 5.74) is 1.58. The van der Waals surface area contributed by atoms with Gasteiger partial charge < -0.3 is 19.1 Å². The van der Waals surface area contributed by atoms with E-state index in [1.165, 1.54) is 30.5 Å². The molecule has 216 valence electrons. The first-order chi connectivity index (χ1) is 20.8. The fourth-order valence-corrected chi connectivity index (χ4v) is 4.64. The van der Waals surface area contributed by atoms with Gasteiger partial charge in [0.2, 0.25) is 5.82 Å². The Morgan fingerprint density at radius 3 is 2.60 bits per heavy atom. The van der Waals surface area contributed by atoms with Gasteiger partial charge in [0.05, 0.1) is 52.3 Å². The number of ether oxygens (including phenoxy) is 2. The Balaban J connectivity index is 1.28. The normalized spacial score (nSPS) is 14.3. The lowest BCUT2D eigenvalue weighted by atomic mass is 10.1. The smallest absolute Gasteiger partial charge is 0.335 e. The van der Waals surface area contributed by atoms with Crippen molar-refractivity contribution in [3.05, 3.63) is 101 Å². The quantitative estimate of drug-likeness (QED) is 0.257. The van der Waals surface area contributed by atoms with Gasteiger partial charge in [-0.25, -0.2) is 23.5 Å². The van der Waals surface area contributed by atoms with Crippen LogP contribution in [0.3, 0.4) is 0 Å². The summed E-state index contributed by atoms with van der Waals surface area (Å²) in [7, 11) is 0. The SMILES string of the molecule is N#Cc1ccc(COc2nc(-c3cc(F)c(Cc4nc5ccc(C(=O)O)cc5n4C[C@@H]4CCO4)cc3F)ncc2F)nc1. The number of aromatic carboxylic acids is 1. The third kappa shape index (κ3) is 5.73. The van der Waals surface area contributed by atoms with Crippen LogP contribution in [0.4, 0.5) is 13.2 Å². The molecule has 1 aliphatic heterocycles. The van der Waals surface area contributed by atoms with E-state index in [4.69, 9.17) is 14.7 Å². The number of nitrogens with zero attached hydrogens (tertiary/aromatic N) is 6. The van der Waals surface area contributed by atoms with E-state index in [1.54, 1.807) is 10.6 Å². The van der Waals surface area contributed by atoms with Crippen LogP contribution in [0.15, 0.2) is 54.9 Å². The van der Waals surface area contributed by atoms with Crippen molar-refractivity contribution in [3.8, 4) is 23.3 Å². The van der Waals surface area contributed by atoms with E-state index < -0.39 is 29.3 Å². The van der Waals surface area contributed by atoms with E-state index in [-0.39, 0.29) is 41.6 Å². The standard InChI is InChI=1S/C30H21F3N6O4/c31-22-10-21(28-36-13-24(33)29(38-28)43-15-19-3-1-16(11-34)12-35-19)23(32)7-18(22)9-27-37-25-4-2-17(30(40)41)8-26(25)39(27)14-20-5-6-42-20/h1-4,7-8,10,12-13,20H,5-6,9,14-15H2,(H,40,41)/t20-/m0/s1. The topological polar surface area (TPSA) is 136 Å². The summed E-state index contributed by atoms with van der Waals surface area (Å²) in [6, 6.07) is 11.4. The van der Waals surface area contributed by atoms with Crippen LogP contribution in [0.25, 0.3) is 22.4 Å². The van der Waals surface area contributed by atoms with Crippen LogP contribution in [-0.4, -0.2) is 48.3 Å². The number of carbonyl (C=O) groups is 1.